The lowest BCUT2D eigenvalue weighted by atomic mass is 9.89. The molecule has 110 valence electrons. The molecule has 0 aromatic heterocycles. The van der Waals surface area contributed by atoms with E-state index in [4.69, 9.17) is 4.74 Å². The van der Waals surface area contributed by atoms with Crippen LogP contribution in [0, 0.1) is 5.92 Å². The summed E-state index contributed by atoms with van der Waals surface area (Å²) in [6, 6.07) is 8.18. The minimum atomic E-state index is 0.0573. The van der Waals surface area contributed by atoms with Crippen molar-refractivity contribution in [2.45, 2.75) is 38.8 Å². The quantitative estimate of drug-likeness (QED) is 0.880. The molecule has 0 saturated carbocycles. The van der Waals surface area contributed by atoms with Gasteiger partial charge >= 0.3 is 0 Å². The van der Waals surface area contributed by atoms with E-state index >= 15 is 0 Å². The Morgan fingerprint density at radius 3 is 2.85 bits per heavy atom. The van der Waals surface area contributed by atoms with Crippen molar-refractivity contribution in [2.75, 3.05) is 13.7 Å². The number of benzene rings is 1. The van der Waals surface area contributed by atoms with Gasteiger partial charge < -0.3 is 15.4 Å². The Bertz CT molecular complexity index is 452. The summed E-state index contributed by atoms with van der Waals surface area (Å²) in [5.74, 6) is 1.33. The number of hydrogen-bond acceptors (Lipinski definition) is 3. The van der Waals surface area contributed by atoms with Gasteiger partial charge in [0, 0.05) is 17.6 Å². The highest BCUT2D eigenvalue weighted by molar-refractivity contribution is 5.79. The topological polar surface area (TPSA) is 50.4 Å². The maximum Gasteiger partial charge on any atom is 0.224 e. The average molecular weight is 276 g/mol. The largest absolute Gasteiger partial charge is 0.496 e. The summed E-state index contributed by atoms with van der Waals surface area (Å²) in [5.41, 5.74) is 0.927. The van der Waals surface area contributed by atoms with Gasteiger partial charge in [0.05, 0.1) is 13.5 Å². The lowest BCUT2D eigenvalue weighted by Crippen LogP contribution is -2.56. The molecular formula is C16H24N2O2. The van der Waals surface area contributed by atoms with E-state index in [0.29, 0.717) is 18.4 Å². The highest BCUT2D eigenvalue weighted by atomic mass is 16.5. The molecule has 1 aromatic carbocycles. The second-order valence-electron chi connectivity index (χ2n) is 5.59. The van der Waals surface area contributed by atoms with Crippen LogP contribution >= 0.6 is 0 Å². The predicted molar refractivity (Wildman–Crippen MR) is 79.9 cm³/mol. The Labute approximate surface area is 120 Å². The highest BCUT2D eigenvalue weighted by Gasteiger charge is 2.28. The normalized spacial score (nSPS) is 26.1. The molecule has 3 atom stereocenters. The fourth-order valence-corrected chi connectivity index (χ4v) is 2.86. The number of carbonyl (C=O) groups is 1. The van der Waals surface area contributed by atoms with Gasteiger partial charge in [-0.25, -0.2) is 0 Å². The van der Waals surface area contributed by atoms with E-state index in [9.17, 15) is 4.79 Å². The van der Waals surface area contributed by atoms with E-state index in [2.05, 4.69) is 24.5 Å². The van der Waals surface area contributed by atoms with E-state index in [0.717, 1.165) is 24.3 Å². The van der Waals surface area contributed by atoms with Crippen LogP contribution < -0.4 is 15.4 Å². The molecule has 1 aromatic rings. The number of hydrogen-bond donors (Lipinski definition) is 2. The number of piperidine rings is 1. The second kappa shape index (κ2) is 6.75. The number of amides is 1. The highest BCUT2D eigenvalue weighted by Crippen LogP contribution is 2.19. The minimum absolute atomic E-state index is 0.0573. The molecule has 4 heteroatoms. The van der Waals surface area contributed by atoms with Crippen molar-refractivity contribution in [1.82, 2.24) is 10.6 Å². The van der Waals surface area contributed by atoms with E-state index < -0.39 is 0 Å². The monoisotopic (exact) mass is 276 g/mol. The summed E-state index contributed by atoms with van der Waals surface area (Å²) >= 11 is 0. The van der Waals surface area contributed by atoms with Crippen LogP contribution in [0.3, 0.4) is 0 Å². The fourth-order valence-electron chi connectivity index (χ4n) is 2.86. The van der Waals surface area contributed by atoms with E-state index in [1.165, 1.54) is 0 Å². The number of nitrogens with one attached hydrogen (secondary N) is 2. The van der Waals surface area contributed by atoms with Gasteiger partial charge in [0.1, 0.15) is 5.75 Å². The smallest absolute Gasteiger partial charge is 0.224 e. The van der Waals surface area contributed by atoms with Crippen molar-refractivity contribution in [2.24, 2.45) is 5.92 Å². The maximum absolute atomic E-state index is 12.2. The molecule has 3 unspecified atom stereocenters. The van der Waals surface area contributed by atoms with E-state index in [-0.39, 0.29) is 11.9 Å². The number of rotatable bonds is 4. The molecule has 1 saturated heterocycles. The Hall–Kier alpha value is -1.55. The molecule has 0 aliphatic carbocycles. The summed E-state index contributed by atoms with van der Waals surface area (Å²) in [6.07, 6.45) is 1.46. The molecule has 2 rings (SSSR count). The molecule has 0 bridgehead atoms. The van der Waals surface area contributed by atoms with Crippen LogP contribution in [0.25, 0.3) is 0 Å². The Kier molecular flexibility index (Phi) is 5.01. The van der Waals surface area contributed by atoms with Crippen molar-refractivity contribution in [3.05, 3.63) is 29.8 Å². The van der Waals surface area contributed by atoms with Crippen LogP contribution in [0.5, 0.6) is 5.75 Å². The fraction of sp³-hybridized carbons (Fsp3) is 0.562. The van der Waals surface area contributed by atoms with Crippen molar-refractivity contribution >= 4 is 5.91 Å². The standard InChI is InChI=1S/C16H24N2O2/c1-11-8-9-17-12(2)16(11)18-15(19)10-13-6-4-5-7-14(13)20-3/h4-7,11-12,16-17H,8-10H2,1-3H3,(H,18,19). The Balaban J connectivity index is 1.98. The number of para-hydroxylation sites is 1. The molecule has 0 spiro atoms. The number of methoxy groups -OCH3 is 1. The molecule has 1 heterocycles. The molecule has 4 nitrogen and oxygen atoms in total. The van der Waals surface area contributed by atoms with Gasteiger partial charge in [-0.05, 0) is 31.9 Å². The van der Waals surface area contributed by atoms with Gasteiger partial charge in [-0.1, -0.05) is 25.1 Å². The number of ether oxygens (including phenoxy) is 1. The summed E-state index contributed by atoms with van der Waals surface area (Å²) in [5, 5.41) is 6.58. The third-order valence-electron chi connectivity index (χ3n) is 4.09. The Morgan fingerprint density at radius 2 is 2.15 bits per heavy atom. The van der Waals surface area contributed by atoms with Gasteiger partial charge in [0.15, 0.2) is 0 Å². The van der Waals surface area contributed by atoms with Crippen LogP contribution in [-0.4, -0.2) is 31.6 Å². The van der Waals surface area contributed by atoms with Crippen molar-refractivity contribution in [1.29, 1.82) is 0 Å². The first kappa shape index (κ1) is 14.9. The van der Waals surface area contributed by atoms with Crippen LogP contribution in [0.15, 0.2) is 24.3 Å². The molecule has 1 aliphatic rings. The molecule has 0 radical (unpaired) electrons. The van der Waals surface area contributed by atoms with Crippen LogP contribution in [-0.2, 0) is 11.2 Å². The van der Waals surface area contributed by atoms with Gasteiger partial charge in [-0.3, -0.25) is 4.79 Å². The first-order chi connectivity index (χ1) is 9.61. The average Bonchev–Trinajstić information content (AvgIpc) is 2.44. The van der Waals surface area contributed by atoms with Crippen molar-refractivity contribution in [3.63, 3.8) is 0 Å². The second-order valence-corrected chi connectivity index (χ2v) is 5.59. The zero-order valence-electron chi connectivity index (χ0n) is 12.5. The van der Waals surface area contributed by atoms with E-state index in [1.807, 2.05) is 24.3 Å². The zero-order chi connectivity index (χ0) is 14.5. The minimum Gasteiger partial charge on any atom is -0.496 e. The van der Waals surface area contributed by atoms with Gasteiger partial charge in [-0.15, -0.1) is 0 Å². The summed E-state index contributed by atoms with van der Waals surface area (Å²) in [7, 11) is 1.63. The van der Waals surface area contributed by atoms with Gasteiger partial charge in [-0.2, -0.15) is 0 Å². The molecule has 20 heavy (non-hydrogen) atoms. The zero-order valence-corrected chi connectivity index (χ0v) is 12.5. The lowest BCUT2D eigenvalue weighted by molar-refractivity contribution is -0.121. The Morgan fingerprint density at radius 1 is 1.40 bits per heavy atom. The van der Waals surface area contributed by atoms with Crippen LogP contribution in [0.4, 0.5) is 0 Å². The third kappa shape index (κ3) is 3.51. The summed E-state index contributed by atoms with van der Waals surface area (Å²) < 4.78 is 5.29. The molecule has 1 fully saturated rings. The van der Waals surface area contributed by atoms with Crippen molar-refractivity contribution < 1.29 is 9.53 Å². The molecule has 2 N–H and O–H groups in total. The summed E-state index contributed by atoms with van der Waals surface area (Å²) in [4.78, 5) is 12.2. The first-order valence-electron chi connectivity index (χ1n) is 7.26. The maximum atomic E-state index is 12.2. The molecular weight excluding hydrogens is 252 g/mol. The number of carbonyl (C=O) groups excluding carboxylic acids is 1. The SMILES string of the molecule is COc1ccccc1CC(=O)NC1C(C)CCNC1C. The molecule has 1 aliphatic heterocycles. The lowest BCUT2D eigenvalue weighted by Gasteiger charge is -2.36. The molecule has 1 amide bonds. The predicted octanol–water partition coefficient (Wildman–Crippen LogP) is 1.74. The first-order valence-corrected chi connectivity index (χ1v) is 7.26. The van der Waals surface area contributed by atoms with Crippen molar-refractivity contribution in [3.8, 4) is 5.75 Å². The van der Waals surface area contributed by atoms with E-state index in [1.54, 1.807) is 7.11 Å². The summed E-state index contributed by atoms with van der Waals surface area (Å²) in [6.45, 7) is 5.36. The van der Waals surface area contributed by atoms with Crippen LogP contribution in [0.1, 0.15) is 25.8 Å². The van der Waals surface area contributed by atoms with Gasteiger partial charge in [0.2, 0.25) is 5.91 Å². The van der Waals surface area contributed by atoms with Crippen LogP contribution in [0.2, 0.25) is 0 Å². The third-order valence-corrected chi connectivity index (χ3v) is 4.09. The van der Waals surface area contributed by atoms with Gasteiger partial charge in [0.25, 0.3) is 0 Å².